The molecular formula is C22H19F2NO2. The van der Waals surface area contributed by atoms with Gasteiger partial charge in [-0.15, -0.1) is 0 Å². The van der Waals surface area contributed by atoms with Gasteiger partial charge in [0.2, 0.25) is 0 Å². The van der Waals surface area contributed by atoms with E-state index < -0.39 is 12.1 Å². The Morgan fingerprint density at radius 3 is 1.89 bits per heavy atom. The van der Waals surface area contributed by atoms with Gasteiger partial charge in [-0.25, -0.2) is 8.78 Å². The number of pyridine rings is 1. The molecule has 0 spiro atoms. The van der Waals surface area contributed by atoms with E-state index in [-0.39, 0.29) is 24.0 Å². The summed E-state index contributed by atoms with van der Waals surface area (Å²) in [5.41, 5.74) is 2.28. The lowest BCUT2D eigenvalue weighted by Crippen LogP contribution is -2.15. The van der Waals surface area contributed by atoms with Crippen LogP contribution in [0.15, 0.2) is 73.1 Å². The smallest absolute Gasteiger partial charge is 0.307 e. The quantitative estimate of drug-likeness (QED) is 0.563. The van der Waals surface area contributed by atoms with Crippen molar-refractivity contribution in [3.63, 3.8) is 0 Å². The Bertz CT molecular complexity index is 880. The molecule has 0 saturated heterocycles. The molecule has 0 amide bonds. The van der Waals surface area contributed by atoms with Crippen LogP contribution in [0, 0.1) is 11.6 Å². The first kappa shape index (κ1) is 18.7. The Balaban J connectivity index is 1.76. The lowest BCUT2D eigenvalue weighted by atomic mass is 9.97. The second-order valence-corrected chi connectivity index (χ2v) is 6.36. The highest BCUT2D eigenvalue weighted by Crippen LogP contribution is 2.28. The molecule has 2 aromatic carbocycles. The minimum Gasteiger partial charge on any atom is -0.453 e. The third-order valence-corrected chi connectivity index (χ3v) is 4.34. The van der Waals surface area contributed by atoms with E-state index in [0.29, 0.717) is 5.56 Å². The molecule has 5 heteroatoms. The highest BCUT2D eigenvalue weighted by atomic mass is 19.1. The van der Waals surface area contributed by atoms with E-state index in [0.717, 1.165) is 11.1 Å². The predicted octanol–water partition coefficient (Wildman–Crippen LogP) is 5.19. The summed E-state index contributed by atoms with van der Waals surface area (Å²) >= 11 is 0. The fraction of sp³-hybridized carbons (Fsp3) is 0.182. The van der Waals surface area contributed by atoms with Gasteiger partial charge in [-0.3, -0.25) is 9.78 Å². The molecule has 0 N–H and O–H groups in total. The molecule has 0 aliphatic carbocycles. The van der Waals surface area contributed by atoms with Crippen LogP contribution in [0.5, 0.6) is 0 Å². The third kappa shape index (κ3) is 4.97. The van der Waals surface area contributed by atoms with Crippen LogP contribution < -0.4 is 0 Å². The molecule has 2 atom stereocenters. The van der Waals surface area contributed by atoms with E-state index >= 15 is 0 Å². The van der Waals surface area contributed by atoms with Crippen molar-refractivity contribution in [2.45, 2.75) is 25.4 Å². The molecule has 3 aromatic rings. The van der Waals surface area contributed by atoms with E-state index in [9.17, 15) is 13.6 Å². The maximum absolute atomic E-state index is 13.3. The molecule has 0 aliphatic rings. The predicted molar refractivity (Wildman–Crippen MR) is 98.0 cm³/mol. The van der Waals surface area contributed by atoms with Gasteiger partial charge in [0.15, 0.2) is 6.10 Å². The average molecular weight is 367 g/mol. The van der Waals surface area contributed by atoms with Crippen molar-refractivity contribution in [3.8, 4) is 0 Å². The van der Waals surface area contributed by atoms with Crippen LogP contribution in [-0.2, 0) is 9.53 Å². The van der Waals surface area contributed by atoms with Gasteiger partial charge >= 0.3 is 5.97 Å². The van der Waals surface area contributed by atoms with Crippen LogP contribution in [0.4, 0.5) is 8.78 Å². The van der Waals surface area contributed by atoms with Gasteiger partial charge in [0.05, 0.1) is 6.42 Å². The molecule has 0 radical (unpaired) electrons. The largest absolute Gasteiger partial charge is 0.453 e. The van der Waals surface area contributed by atoms with Gasteiger partial charge in [-0.1, -0.05) is 31.2 Å². The van der Waals surface area contributed by atoms with Gasteiger partial charge in [-0.05, 0) is 53.4 Å². The summed E-state index contributed by atoms with van der Waals surface area (Å²) in [5, 5.41) is 0. The maximum atomic E-state index is 13.3. The fourth-order valence-electron chi connectivity index (χ4n) is 2.84. The first-order valence-corrected chi connectivity index (χ1v) is 8.63. The van der Waals surface area contributed by atoms with Crippen LogP contribution in [0.2, 0.25) is 0 Å². The molecule has 1 aromatic heterocycles. The van der Waals surface area contributed by atoms with E-state index in [1.165, 1.54) is 24.3 Å². The Morgan fingerprint density at radius 1 is 0.852 bits per heavy atom. The second kappa shape index (κ2) is 8.54. The fourth-order valence-corrected chi connectivity index (χ4v) is 2.84. The number of carbonyl (C=O) groups excluding carboxylic acids is 1. The third-order valence-electron chi connectivity index (χ3n) is 4.34. The molecule has 0 bridgehead atoms. The Labute approximate surface area is 156 Å². The van der Waals surface area contributed by atoms with Gasteiger partial charge < -0.3 is 4.74 Å². The summed E-state index contributed by atoms with van der Waals surface area (Å²) in [6.45, 7) is 1.88. The molecule has 138 valence electrons. The Kier molecular flexibility index (Phi) is 5.91. The summed E-state index contributed by atoms with van der Waals surface area (Å²) in [6, 6.07) is 15.4. The highest BCUT2D eigenvalue weighted by molar-refractivity contribution is 5.71. The summed E-state index contributed by atoms with van der Waals surface area (Å²) in [7, 11) is 0. The number of aromatic nitrogens is 1. The van der Waals surface area contributed by atoms with Crippen molar-refractivity contribution in [1.82, 2.24) is 4.98 Å². The molecule has 0 saturated carbocycles. The van der Waals surface area contributed by atoms with Crippen molar-refractivity contribution in [3.05, 3.63) is 101 Å². The topological polar surface area (TPSA) is 39.2 Å². The van der Waals surface area contributed by atoms with E-state index in [1.807, 2.05) is 6.92 Å². The van der Waals surface area contributed by atoms with E-state index in [4.69, 9.17) is 4.74 Å². The summed E-state index contributed by atoms with van der Waals surface area (Å²) in [6.07, 6.45) is 2.72. The van der Waals surface area contributed by atoms with Crippen LogP contribution >= 0.6 is 0 Å². The SMILES string of the molecule is C[C@H](CC(=O)O[C@@H](c1ccncc1)c1ccc(F)cc1)c1ccc(F)cc1. The number of carbonyl (C=O) groups is 1. The standard InChI is InChI=1S/C22H19F2NO2/c1-15(16-2-6-19(23)7-3-16)14-21(26)27-22(18-10-12-25-13-11-18)17-4-8-20(24)9-5-17/h2-13,15,22H,14H2,1H3/t15-,22-/m1/s1. The molecule has 1 heterocycles. The first-order valence-electron chi connectivity index (χ1n) is 8.63. The number of rotatable bonds is 6. The van der Waals surface area contributed by atoms with Crippen LogP contribution in [0.3, 0.4) is 0 Å². The molecule has 0 aliphatic heterocycles. The minimum atomic E-state index is -0.651. The number of hydrogen-bond acceptors (Lipinski definition) is 3. The molecule has 3 rings (SSSR count). The van der Waals surface area contributed by atoms with Gasteiger partial charge in [0, 0.05) is 18.0 Å². The van der Waals surface area contributed by atoms with Crippen molar-refractivity contribution in [1.29, 1.82) is 0 Å². The molecule has 0 fully saturated rings. The van der Waals surface area contributed by atoms with E-state index in [1.54, 1.807) is 48.8 Å². The van der Waals surface area contributed by atoms with Gasteiger partial charge in [0.1, 0.15) is 11.6 Å². The number of hydrogen-bond donors (Lipinski definition) is 0. The number of nitrogens with zero attached hydrogens (tertiary/aromatic N) is 1. The monoisotopic (exact) mass is 367 g/mol. The summed E-state index contributed by atoms with van der Waals surface area (Å²) < 4.78 is 32.0. The number of benzene rings is 2. The molecular weight excluding hydrogens is 348 g/mol. The van der Waals surface area contributed by atoms with Gasteiger partial charge in [0.25, 0.3) is 0 Å². The molecule has 0 unspecified atom stereocenters. The zero-order valence-electron chi connectivity index (χ0n) is 14.8. The van der Waals surface area contributed by atoms with Crippen LogP contribution in [0.25, 0.3) is 0 Å². The molecule has 3 nitrogen and oxygen atoms in total. The average Bonchev–Trinajstić information content (AvgIpc) is 2.68. The number of ether oxygens (including phenoxy) is 1. The van der Waals surface area contributed by atoms with Crippen molar-refractivity contribution >= 4 is 5.97 Å². The highest BCUT2D eigenvalue weighted by Gasteiger charge is 2.21. The van der Waals surface area contributed by atoms with Crippen molar-refractivity contribution < 1.29 is 18.3 Å². The zero-order chi connectivity index (χ0) is 19.2. The molecule has 27 heavy (non-hydrogen) atoms. The Hall–Kier alpha value is -3.08. The van der Waals surface area contributed by atoms with Crippen LogP contribution in [0.1, 0.15) is 42.1 Å². The number of halogens is 2. The zero-order valence-corrected chi connectivity index (χ0v) is 14.8. The maximum Gasteiger partial charge on any atom is 0.307 e. The first-order chi connectivity index (χ1) is 13.0. The lowest BCUT2D eigenvalue weighted by molar-refractivity contribution is -0.147. The normalized spacial score (nSPS) is 13.0. The van der Waals surface area contributed by atoms with Crippen molar-refractivity contribution in [2.24, 2.45) is 0 Å². The Morgan fingerprint density at radius 2 is 1.33 bits per heavy atom. The minimum absolute atomic E-state index is 0.121. The van der Waals surface area contributed by atoms with Gasteiger partial charge in [-0.2, -0.15) is 0 Å². The number of esters is 1. The van der Waals surface area contributed by atoms with Crippen LogP contribution in [-0.4, -0.2) is 11.0 Å². The second-order valence-electron chi connectivity index (χ2n) is 6.36. The van der Waals surface area contributed by atoms with Crippen molar-refractivity contribution in [2.75, 3.05) is 0 Å². The summed E-state index contributed by atoms with van der Waals surface area (Å²) in [5.74, 6) is -1.19. The summed E-state index contributed by atoms with van der Waals surface area (Å²) in [4.78, 5) is 16.5. The lowest BCUT2D eigenvalue weighted by Gasteiger charge is -2.20. The van der Waals surface area contributed by atoms with E-state index in [2.05, 4.69) is 4.98 Å².